The molecule has 0 spiro atoms. The number of aromatic nitrogens is 3. The van der Waals surface area contributed by atoms with Crippen molar-refractivity contribution in [2.24, 2.45) is 18.4 Å². The highest BCUT2D eigenvalue weighted by Crippen LogP contribution is 2.47. The molecular formula is C28H35ClF2N6O4. The molecule has 0 unspecified atom stereocenters. The van der Waals surface area contributed by atoms with E-state index in [-0.39, 0.29) is 42.3 Å². The number of halogens is 3. The minimum absolute atomic E-state index is 0.00576. The molecule has 13 heteroatoms. The number of ether oxygens (including phenoxy) is 1. The molecule has 10 nitrogen and oxygen atoms in total. The largest absolute Gasteiger partial charge is 0.487 e. The second kappa shape index (κ2) is 11.5. The van der Waals surface area contributed by atoms with Crippen molar-refractivity contribution in [3.05, 3.63) is 39.7 Å². The van der Waals surface area contributed by atoms with E-state index in [1.807, 2.05) is 6.92 Å². The molecule has 3 aliphatic rings. The lowest BCUT2D eigenvalue weighted by atomic mass is 9.77. The lowest BCUT2D eigenvalue weighted by Crippen LogP contribution is -2.51. The van der Waals surface area contributed by atoms with Crippen molar-refractivity contribution in [3.8, 4) is 5.75 Å². The normalized spacial score (nSPS) is 24.2. The summed E-state index contributed by atoms with van der Waals surface area (Å²) in [5, 5.41) is 10.8. The third-order valence-corrected chi connectivity index (χ3v) is 9.29. The zero-order valence-corrected chi connectivity index (χ0v) is 24.2. The number of nitrogens with one attached hydrogen (secondary N) is 1. The Labute approximate surface area is 242 Å². The Kier molecular flexibility index (Phi) is 8.22. The second-order valence-electron chi connectivity index (χ2n) is 11.3. The van der Waals surface area contributed by atoms with Crippen LogP contribution in [0.3, 0.4) is 0 Å². The van der Waals surface area contributed by atoms with Gasteiger partial charge in [-0.15, -0.1) is 5.10 Å². The van der Waals surface area contributed by atoms with Crippen LogP contribution in [0.2, 0.25) is 5.02 Å². The highest BCUT2D eigenvalue weighted by Gasteiger charge is 2.51. The Bertz CT molecular complexity index is 1350. The predicted octanol–water partition coefficient (Wildman–Crippen LogP) is 3.59. The molecule has 1 N–H and O–H groups in total. The maximum absolute atomic E-state index is 14.3. The lowest BCUT2D eigenvalue weighted by Gasteiger charge is -2.43. The molecule has 3 heterocycles. The molecule has 1 aliphatic carbocycles. The van der Waals surface area contributed by atoms with Crippen molar-refractivity contribution in [3.63, 3.8) is 0 Å². The molecular weight excluding hydrogens is 558 g/mol. The van der Waals surface area contributed by atoms with Crippen LogP contribution < -0.4 is 10.1 Å². The number of nitrogens with zero attached hydrogens (tertiary/aromatic N) is 5. The van der Waals surface area contributed by atoms with Crippen LogP contribution in [0.1, 0.15) is 74.0 Å². The van der Waals surface area contributed by atoms with E-state index < -0.39 is 23.8 Å². The quantitative estimate of drug-likeness (QED) is 0.502. The van der Waals surface area contributed by atoms with Gasteiger partial charge in [0.05, 0.1) is 17.4 Å². The fourth-order valence-electron chi connectivity index (χ4n) is 6.71. The Morgan fingerprint density at radius 3 is 2.71 bits per heavy atom. The number of rotatable bonds is 8. The Balaban J connectivity index is 1.53. The molecule has 3 amide bonds. The molecule has 1 aromatic carbocycles. The van der Waals surface area contributed by atoms with Gasteiger partial charge in [-0.2, -0.15) is 0 Å². The number of benzene rings is 1. The fourth-order valence-corrected chi connectivity index (χ4v) is 6.97. The van der Waals surface area contributed by atoms with E-state index in [1.165, 1.54) is 7.05 Å². The molecule has 2 aliphatic heterocycles. The van der Waals surface area contributed by atoms with Crippen molar-refractivity contribution in [2.75, 3.05) is 26.7 Å². The van der Waals surface area contributed by atoms with Gasteiger partial charge in [-0.05, 0) is 50.3 Å². The van der Waals surface area contributed by atoms with Gasteiger partial charge in [-0.1, -0.05) is 23.2 Å². The van der Waals surface area contributed by atoms with E-state index in [4.69, 9.17) is 16.3 Å². The standard InChI is InChI=1S/C28H35ClF2N6O4/c1-28(27(40)32-2)11-4-6-17(28)26(39)37-13-10-16-18(29)8-9-21(23(16)20(37)14-36-12-5-7-22(36)38)41-15-19-24(25(30)31)35(3)34-33-19/h8-9,17,20,25H,4-7,10-15H2,1-3H3,(H,32,40)/t17-,20+,28-/m0/s1. The van der Waals surface area contributed by atoms with Gasteiger partial charge in [0.15, 0.2) is 0 Å². The summed E-state index contributed by atoms with van der Waals surface area (Å²) in [6, 6.07) is 2.76. The number of carbonyl (C=O) groups is 3. The average molecular weight is 593 g/mol. The van der Waals surface area contributed by atoms with Crippen molar-refractivity contribution in [1.82, 2.24) is 30.1 Å². The topological polar surface area (TPSA) is 110 Å². The average Bonchev–Trinajstić information content (AvgIpc) is 3.66. The van der Waals surface area contributed by atoms with Crippen LogP contribution in [0.15, 0.2) is 12.1 Å². The number of fused-ring (bicyclic) bond motifs is 1. The first kappa shape index (κ1) is 29.2. The Morgan fingerprint density at radius 1 is 1.24 bits per heavy atom. The van der Waals surface area contributed by atoms with Crippen LogP contribution in [0.25, 0.3) is 0 Å². The minimum Gasteiger partial charge on any atom is -0.487 e. The molecule has 0 bridgehead atoms. The van der Waals surface area contributed by atoms with E-state index in [0.717, 1.165) is 23.1 Å². The van der Waals surface area contributed by atoms with E-state index in [9.17, 15) is 23.2 Å². The Hall–Kier alpha value is -3.28. The van der Waals surface area contributed by atoms with Gasteiger partial charge in [-0.3, -0.25) is 14.4 Å². The molecule has 0 radical (unpaired) electrons. The summed E-state index contributed by atoms with van der Waals surface area (Å²) in [5.74, 6) is -0.438. The first-order valence-electron chi connectivity index (χ1n) is 14.0. The van der Waals surface area contributed by atoms with Crippen LogP contribution in [0, 0.1) is 11.3 Å². The van der Waals surface area contributed by atoms with Crippen LogP contribution in [0.5, 0.6) is 5.75 Å². The second-order valence-corrected chi connectivity index (χ2v) is 11.7. The van der Waals surface area contributed by atoms with Crippen LogP contribution in [0.4, 0.5) is 8.78 Å². The van der Waals surface area contributed by atoms with Crippen molar-refractivity contribution in [1.29, 1.82) is 0 Å². The lowest BCUT2D eigenvalue weighted by molar-refractivity contribution is -0.148. The van der Waals surface area contributed by atoms with Gasteiger partial charge in [0, 0.05) is 50.7 Å². The molecule has 2 fully saturated rings. The number of carbonyl (C=O) groups excluding carboxylic acids is 3. The molecule has 1 saturated heterocycles. The molecule has 5 rings (SSSR count). The summed E-state index contributed by atoms with van der Waals surface area (Å²) in [6.45, 7) is 2.75. The monoisotopic (exact) mass is 592 g/mol. The van der Waals surface area contributed by atoms with Crippen LogP contribution >= 0.6 is 11.6 Å². The number of likely N-dealkylation sites (tertiary alicyclic amines) is 1. The Morgan fingerprint density at radius 2 is 2.02 bits per heavy atom. The van der Waals surface area contributed by atoms with Crippen molar-refractivity contribution >= 4 is 29.3 Å². The highest BCUT2D eigenvalue weighted by atomic mass is 35.5. The molecule has 1 saturated carbocycles. The smallest absolute Gasteiger partial charge is 0.282 e. The van der Waals surface area contributed by atoms with Gasteiger partial charge in [-0.25, -0.2) is 13.5 Å². The summed E-state index contributed by atoms with van der Waals surface area (Å²) >= 11 is 6.65. The minimum atomic E-state index is -2.78. The maximum Gasteiger partial charge on any atom is 0.282 e. The number of amides is 3. The number of aryl methyl sites for hydroxylation is 1. The van der Waals surface area contributed by atoms with E-state index in [2.05, 4.69) is 15.6 Å². The summed E-state index contributed by atoms with van der Waals surface area (Å²) in [5.41, 5.74) is 0.274. The van der Waals surface area contributed by atoms with E-state index >= 15 is 0 Å². The van der Waals surface area contributed by atoms with Crippen LogP contribution in [-0.2, 0) is 34.5 Å². The summed E-state index contributed by atoms with van der Waals surface area (Å²) in [4.78, 5) is 43.4. The van der Waals surface area contributed by atoms with Gasteiger partial charge in [0.2, 0.25) is 17.7 Å². The third-order valence-electron chi connectivity index (χ3n) is 8.94. The molecule has 1 aromatic heterocycles. The summed E-state index contributed by atoms with van der Waals surface area (Å²) in [6.07, 6.45) is 0.773. The van der Waals surface area contributed by atoms with Crippen molar-refractivity contribution in [2.45, 2.75) is 64.5 Å². The molecule has 2 aromatic rings. The number of hydrogen-bond donors (Lipinski definition) is 1. The first-order chi connectivity index (χ1) is 19.6. The van der Waals surface area contributed by atoms with Gasteiger partial charge in [0.1, 0.15) is 23.7 Å². The molecule has 41 heavy (non-hydrogen) atoms. The number of hydrogen-bond acceptors (Lipinski definition) is 6. The fraction of sp³-hybridized carbons (Fsp3) is 0.607. The van der Waals surface area contributed by atoms with E-state index in [1.54, 1.807) is 29.0 Å². The number of alkyl halides is 2. The van der Waals surface area contributed by atoms with Crippen molar-refractivity contribution < 1.29 is 27.9 Å². The van der Waals surface area contributed by atoms with Gasteiger partial charge in [0.25, 0.3) is 6.43 Å². The van der Waals surface area contributed by atoms with Gasteiger partial charge < -0.3 is 19.9 Å². The zero-order valence-electron chi connectivity index (χ0n) is 23.5. The summed E-state index contributed by atoms with van der Waals surface area (Å²) in [7, 11) is 2.97. The first-order valence-corrected chi connectivity index (χ1v) is 14.4. The van der Waals surface area contributed by atoms with Crippen LogP contribution in [-0.4, -0.2) is 69.2 Å². The predicted molar refractivity (Wildman–Crippen MR) is 145 cm³/mol. The molecule has 3 atom stereocenters. The van der Waals surface area contributed by atoms with Gasteiger partial charge >= 0.3 is 0 Å². The highest BCUT2D eigenvalue weighted by molar-refractivity contribution is 6.31. The SMILES string of the molecule is CNC(=O)[C@@]1(C)CCC[C@H]1C(=O)N1CCc2c(Cl)ccc(OCc3nnn(C)c3C(F)F)c2[C@H]1CN1CCCC1=O. The maximum atomic E-state index is 14.3. The molecule has 222 valence electrons. The summed E-state index contributed by atoms with van der Waals surface area (Å²) < 4.78 is 34.4. The third kappa shape index (κ3) is 5.26. The van der Waals surface area contributed by atoms with E-state index in [0.29, 0.717) is 55.1 Å². The zero-order chi connectivity index (χ0) is 29.5.